The number of nitrogens with two attached hydrogens (primary N) is 1. The summed E-state index contributed by atoms with van der Waals surface area (Å²) >= 11 is 0. The van der Waals surface area contributed by atoms with E-state index in [1.54, 1.807) is 6.07 Å². The van der Waals surface area contributed by atoms with Gasteiger partial charge in [0.05, 0.1) is 5.69 Å². The largest absolute Gasteiger partial charge is 0.368 e. The molecular weight excluding hydrogens is 158 g/mol. The highest BCUT2D eigenvalue weighted by molar-refractivity contribution is 5.47. The van der Waals surface area contributed by atoms with Crippen molar-refractivity contribution in [3.05, 3.63) is 11.8 Å². The Morgan fingerprint density at radius 3 is 2.83 bits per heavy atom. The Labute approximate surface area is 67.8 Å². The molecule has 0 aliphatic rings. The maximum atomic E-state index is 5.33. The summed E-state index contributed by atoms with van der Waals surface area (Å²) in [5.41, 5.74) is 6.12. The molecule has 2 aromatic rings. The van der Waals surface area contributed by atoms with E-state index in [0.717, 1.165) is 5.69 Å². The van der Waals surface area contributed by atoms with Gasteiger partial charge in [0, 0.05) is 6.07 Å². The summed E-state index contributed by atoms with van der Waals surface area (Å²) in [7, 11) is 0. The smallest absolute Gasteiger partial charge is 0.219 e. The first-order valence-corrected chi connectivity index (χ1v) is 3.37. The molecule has 0 spiro atoms. The standard InChI is InChI=1S/C6H7N5O/c1-3-2-4(12-11-3)5-8-6(7)10-9-5/h2H,1H3,(H3,7,8,9,10). The molecule has 2 aromatic heterocycles. The van der Waals surface area contributed by atoms with Gasteiger partial charge in [-0.25, -0.2) is 0 Å². The number of nitrogen functional groups attached to an aromatic ring is 1. The average Bonchev–Trinajstić information content (AvgIpc) is 2.58. The van der Waals surface area contributed by atoms with Crippen LogP contribution in [0.1, 0.15) is 5.69 Å². The first-order valence-electron chi connectivity index (χ1n) is 3.37. The maximum absolute atomic E-state index is 5.33. The van der Waals surface area contributed by atoms with Gasteiger partial charge in [-0.2, -0.15) is 0 Å². The fraction of sp³-hybridized carbons (Fsp3) is 0.167. The summed E-state index contributed by atoms with van der Waals surface area (Å²) in [5, 5.41) is 11.0. The summed E-state index contributed by atoms with van der Waals surface area (Å²) in [4.78, 5) is 2.73. The Morgan fingerprint density at radius 1 is 1.50 bits per heavy atom. The lowest BCUT2D eigenvalue weighted by molar-refractivity contribution is 0.424. The third-order valence-electron chi connectivity index (χ3n) is 1.37. The Hall–Kier alpha value is -1.85. The molecule has 0 radical (unpaired) electrons. The third kappa shape index (κ3) is 1.03. The summed E-state index contributed by atoms with van der Waals surface area (Å²) in [6.45, 7) is 1.83. The number of hydrogen-bond acceptors (Lipinski definition) is 5. The monoisotopic (exact) mass is 165 g/mol. The van der Waals surface area contributed by atoms with E-state index in [2.05, 4.69) is 20.3 Å². The van der Waals surface area contributed by atoms with Gasteiger partial charge in [0.25, 0.3) is 0 Å². The molecule has 6 heteroatoms. The van der Waals surface area contributed by atoms with Crippen LogP contribution < -0.4 is 5.73 Å². The summed E-state index contributed by atoms with van der Waals surface area (Å²) in [6, 6.07) is 1.75. The number of aromatic nitrogens is 4. The molecule has 2 heterocycles. The number of rotatable bonds is 1. The van der Waals surface area contributed by atoms with Crippen molar-refractivity contribution in [1.29, 1.82) is 0 Å². The van der Waals surface area contributed by atoms with E-state index in [0.29, 0.717) is 11.6 Å². The van der Waals surface area contributed by atoms with Gasteiger partial charge in [-0.05, 0) is 6.92 Å². The van der Waals surface area contributed by atoms with Gasteiger partial charge in [0.1, 0.15) is 0 Å². The minimum Gasteiger partial charge on any atom is -0.368 e. The fourth-order valence-corrected chi connectivity index (χ4v) is 0.861. The van der Waals surface area contributed by atoms with Crippen LogP contribution in [0.3, 0.4) is 0 Å². The quantitative estimate of drug-likeness (QED) is 0.635. The number of H-pyrrole nitrogens is 1. The maximum Gasteiger partial charge on any atom is 0.219 e. The van der Waals surface area contributed by atoms with Gasteiger partial charge >= 0.3 is 0 Å². The van der Waals surface area contributed by atoms with Crippen LogP contribution in [0.2, 0.25) is 0 Å². The lowest BCUT2D eigenvalue weighted by Crippen LogP contribution is -1.85. The van der Waals surface area contributed by atoms with Crippen LogP contribution in [0.4, 0.5) is 5.95 Å². The number of hydrogen-bond donors (Lipinski definition) is 2. The van der Waals surface area contributed by atoms with Crippen molar-refractivity contribution in [2.24, 2.45) is 0 Å². The van der Waals surface area contributed by atoms with Crippen LogP contribution in [0.15, 0.2) is 10.6 Å². The van der Waals surface area contributed by atoms with Crippen molar-refractivity contribution in [2.45, 2.75) is 6.92 Å². The van der Waals surface area contributed by atoms with Gasteiger partial charge in [-0.3, -0.25) is 0 Å². The zero-order valence-corrected chi connectivity index (χ0v) is 6.40. The van der Waals surface area contributed by atoms with E-state index >= 15 is 0 Å². The first-order chi connectivity index (χ1) is 5.75. The molecular formula is C6H7N5O. The topological polar surface area (TPSA) is 93.6 Å². The predicted octanol–water partition coefficient (Wildman–Crippen LogP) is 0.350. The van der Waals surface area contributed by atoms with Gasteiger partial charge in [0.15, 0.2) is 0 Å². The molecule has 0 aliphatic heterocycles. The molecule has 2 rings (SSSR count). The van der Waals surface area contributed by atoms with Crippen LogP contribution >= 0.6 is 0 Å². The Kier molecular flexibility index (Phi) is 1.33. The van der Waals surface area contributed by atoms with Crippen molar-refractivity contribution < 1.29 is 4.52 Å². The SMILES string of the molecule is Cc1cc(-c2nnc(N)[nH]2)on1. The van der Waals surface area contributed by atoms with E-state index in [1.807, 2.05) is 6.92 Å². The number of aromatic amines is 1. The van der Waals surface area contributed by atoms with Gasteiger partial charge in [0.2, 0.25) is 17.5 Å². The fourth-order valence-electron chi connectivity index (χ4n) is 0.861. The van der Waals surface area contributed by atoms with Crippen molar-refractivity contribution in [3.8, 4) is 11.6 Å². The van der Waals surface area contributed by atoms with Gasteiger partial charge < -0.3 is 15.2 Å². The van der Waals surface area contributed by atoms with E-state index in [9.17, 15) is 0 Å². The molecule has 0 aliphatic carbocycles. The highest BCUT2D eigenvalue weighted by atomic mass is 16.5. The van der Waals surface area contributed by atoms with E-state index in [4.69, 9.17) is 10.3 Å². The molecule has 0 aromatic carbocycles. The minimum atomic E-state index is 0.263. The molecule has 0 amide bonds. The summed E-state index contributed by atoms with van der Waals surface area (Å²) in [5.74, 6) is 1.30. The second-order valence-electron chi connectivity index (χ2n) is 2.39. The molecule has 12 heavy (non-hydrogen) atoms. The van der Waals surface area contributed by atoms with Crippen molar-refractivity contribution in [2.75, 3.05) is 5.73 Å². The molecule has 6 nitrogen and oxygen atoms in total. The normalized spacial score (nSPS) is 10.4. The van der Waals surface area contributed by atoms with E-state index in [-0.39, 0.29) is 5.95 Å². The summed E-state index contributed by atoms with van der Waals surface area (Å²) in [6.07, 6.45) is 0. The number of aryl methyl sites for hydroxylation is 1. The van der Waals surface area contributed by atoms with E-state index < -0.39 is 0 Å². The van der Waals surface area contributed by atoms with Crippen molar-refractivity contribution in [1.82, 2.24) is 20.3 Å². The third-order valence-corrected chi connectivity index (χ3v) is 1.37. The number of nitrogens with one attached hydrogen (secondary N) is 1. The minimum absolute atomic E-state index is 0.263. The van der Waals surface area contributed by atoms with Crippen LogP contribution in [0, 0.1) is 6.92 Å². The highest BCUT2D eigenvalue weighted by Crippen LogP contribution is 2.15. The molecule has 3 N–H and O–H groups in total. The zero-order chi connectivity index (χ0) is 8.55. The number of anilines is 1. The Bertz CT molecular complexity index is 352. The van der Waals surface area contributed by atoms with Crippen molar-refractivity contribution >= 4 is 5.95 Å². The van der Waals surface area contributed by atoms with Crippen LogP contribution in [-0.2, 0) is 0 Å². The zero-order valence-electron chi connectivity index (χ0n) is 6.40. The Morgan fingerprint density at radius 2 is 2.33 bits per heavy atom. The van der Waals surface area contributed by atoms with Gasteiger partial charge in [-0.1, -0.05) is 5.16 Å². The van der Waals surface area contributed by atoms with E-state index in [1.165, 1.54) is 0 Å². The van der Waals surface area contributed by atoms with Crippen molar-refractivity contribution in [3.63, 3.8) is 0 Å². The summed E-state index contributed by atoms with van der Waals surface area (Å²) < 4.78 is 4.92. The molecule has 0 saturated carbocycles. The van der Waals surface area contributed by atoms with Gasteiger partial charge in [-0.15, -0.1) is 10.2 Å². The molecule has 0 fully saturated rings. The molecule has 0 saturated heterocycles. The lowest BCUT2D eigenvalue weighted by Gasteiger charge is -1.82. The molecule has 0 bridgehead atoms. The van der Waals surface area contributed by atoms with Crippen LogP contribution in [-0.4, -0.2) is 20.3 Å². The highest BCUT2D eigenvalue weighted by Gasteiger charge is 2.07. The molecule has 0 atom stereocenters. The number of nitrogens with zero attached hydrogens (tertiary/aromatic N) is 3. The van der Waals surface area contributed by atoms with Crippen LogP contribution in [0.5, 0.6) is 0 Å². The average molecular weight is 165 g/mol. The first kappa shape index (κ1) is 6.84. The molecule has 62 valence electrons. The second-order valence-corrected chi connectivity index (χ2v) is 2.39. The second kappa shape index (κ2) is 2.33. The lowest BCUT2D eigenvalue weighted by atomic mass is 10.4. The predicted molar refractivity (Wildman–Crippen MR) is 41.0 cm³/mol. The molecule has 0 unspecified atom stereocenters. The Balaban J connectivity index is 2.43. The van der Waals surface area contributed by atoms with Crippen LogP contribution in [0.25, 0.3) is 11.6 Å².